The van der Waals surface area contributed by atoms with Gasteiger partial charge >= 0.3 is 6.03 Å². The van der Waals surface area contributed by atoms with Crippen LogP contribution in [0.15, 0.2) is 30.6 Å². The maximum absolute atomic E-state index is 11.9. The maximum atomic E-state index is 11.9. The Morgan fingerprint density at radius 2 is 2.05 bits per heavy atom. The molecule has 2 rings (SSSR count). The van der Waals surface area contributed by atoms with Crippen LogP contribution in [-0.2, 0) is 6.54 Å². The van der Waals surface area contributed by atoms with Crippen LogP contribution in [0.5, 0.6) is 0 Å². The SMILES string of the molecule is CCNc1cc(CNC(=O)Nc2ccnc(C)c2Cl)ccn1. The van der Waals surface area contributed by atoms with Gasteiger partial charge in [-0.1, -0.05) is 11.6 Å². The summed E-state index contributed by atoms with van der Waals surface area (Å²) in [5, 5.41) is 9.05. The zero-order chi connectivity index (χ0) is 15.9. The molecule has 0 aliphatic rings. The minimum Gasteiger partial charge on any atom is -0.370 e. The van der Waals surface area contributed by atoms with Gasteiger partial charge in [-0.3, -0.25) is 4.98 Å². The molecular formula is C15H18ClN5O. The number of urea groups is 1. The molecule has 0 saturated heterocycles. The smallest absolute Gasteiger partial charge is 0.319 e. The molecule has 0 unspecified atom stereocenters. The number of pyridine rings is 2. The number of aromatic nitrogens is 2. The third-order valence-electron chi connectivity index (χ3n) is 2.95. The molecule has 2 aromatic heterocycles. The Morgan fingerprint density at radius 3 is 2.82 bits per heavy atom. The Hall–Kier alpha value is -2.34. The van der Waals surface area contributed by atoms with Crippen molar-refractivity contribution >= 4 is 29.1 Å². The lowest BCUT2D eigenvalue weighted by atomic mass is 10.2. The Morgan fingerprint density at radius 1 is 1.27 bits per heavy atom. The van der Waals surface area contributed by atoms with Crippen molar-refractivity contribution in [3.8, 4) is 0 Å². The second-order valence-corrected chi connectivity index (χ2v) is 5.02. The van der Waals surface area contributed by atoms with Gasteiger partial charge in [0.1, 0.15) is 5.82 Å². The number of hydrogen-bond donors (Lipinski definition) is 3. The van der Waals surface area contributed by atoms with E-state index in [0.717, 1.165) is 17.9 Å². The van der Waals surface area contributed by atoms with Crippen LogP contribution >= 0.6 is 11.6 Å². The number of carbonyl (C=O) groups is 1. The first-order valence-electron chi connectivity index (χ1n) is 6.95. The first kappa shape index (κ1) is 16.0. The van der Waals surface area contributed by atoms with Gasteiger partial charge in [-0.05, 0) is 37.6 Å². The number of halogens is 1. The summed E-state index contributed by atoms with van der Waals surface area (Å²) in [5.74, 6) is 0.787. The molecule has 0 radical (unpaired) electrons. The third kappa shape index (κ3) is 4.33. The highest BCUT2D eigenvalue weighted by molar-refractivity contribution is 6.34. The summed E-state index contributed by atoms with van der Waals surface area (Å²) in [5.41, 5.74) is 2.16. The van der Waals surface area contributed by atoms with Crippen molar-refractivity contribution in [2.75, 3.05) is 17.2 Å². The van der Waals surface area contributed by atoms with Crippen molar-refractivity contribution in [1.82, 2.24) is 15.3 Å². The fraction of sp³-hybridized carbons (Fsp3) is 0.267. The van der Waals surface area contributed by atoms with E-state index in [1.165, 1.54) is 0 Å². The monoisotopic (exact) mass is 319 g/mol. The van der Waals surface area contributed by atoms with Gasteiger partial charge in [0.15, 0.2) is 0 Å². The minimum atomic E-state index is -0.325. The number of carbonyl (C=O) groups excluding carboxylic acids is 1. The molecular weight excluding hydrogens is 302 g/mol. The lowest BCUT2D eigenvalue weighted by molar-refractivity contribution is 0.251. The lowest BCUT2D eigenvalue weighted by Crippen LogP contribution is -2.28. The van der Waals surface area contributed by atoms with Crippen LogP contribution in [0.2, 0.25) is 5.02 Å². The van der Waals surface area contributed by atoms with E-state index < -0.39 is 0 Å². The van der Waals surface area contributed by atoms with Gasteiger partial charge in [0.05, 0.1) is 16.4 Å². The van der Waals surface area contributed by atoms with E-state index in [1.54, 1.807) is 25.4 Å². The van der Waals surface area contributed by atoms with Gasteiger partial charge in [-0.25, -0.2) is 9.78 Å². The normalized spacial score (nSPS) is 10.1. The third-order valence-corrected chi connectivity index (χ3v) is 3.42. The summed E-state index contributed by atoms with van der Waals surface area (Å²) in [6.45, 7) is 4.98. The Kier molecular flexibility index (Phi) is 5.55. The molecule has 0 saturated carbocycles. The second kappa shape index (κ2) is 7.61. The summed E-state index contributed by atoms with van der Waals surface area (Å²) in [6, 6.07) is 5.08. The number of rotatable bonds is 5. The van der Waals surface area contributed by atoms with E-state index >= 15 is 0 Å². The summed E-state index contributed by atoms with van der Waals surface area (Å²) >= 11 is 6.09. The number of aryl methyl sites for hydroxylation is 1. The first-order chi connectivity index (χ1) is 10.6. The topological polar surface area (TPSA) is 78.9 Å². The van der Waals surface area contributed by atoms with Gasteiger partial charge in [0.25, 0.3) is 0 Å². The largest absolute Gasteiger partial charge is 0.370 e. The molecule has 22 heavy (non-hydrogen) atoms. The summed E-state index contributed by atoms with van der Waals surface area (Å²) in [6.07, 6.45) is 3.30. The van der Waals surface area contributed by atoms with Crippen molar-refractivity contribution in [2.45, 2.75) is 20.4 Å². The fourth-order valence-corrected chi connectivity index (χ4v) is 2.01. The zero-order valence-electron chi connectivity index (χ0n) is 12.5. The Labute approximate surface area is 134 Å². The molecule has 0 aliphatic heterocycles. The molecule has 0 atom stereocenters. The quantitative estimate of drug-likeness (QED) is 0.790. The molecule has 2 heterocycles. The average Bonchev–Trinajstić information content (AvgIpc) is 2.51. The number of anilines is 2. The van der Waals surface area contributed by atoms with Crippen LogP contribution in [-0.4, -0.2) is 22.5 Å². The van der Waals surface area contributed by atoms with Crippen molar-refractivity contribution < 1.29 is 4.79 Å². The number of hydrogen-bond acceptors (Lipinski definition) is 4. The molecule has 6 nitrogen and oxygen atoms in total. The van der Waals surface area contributed by atoms with Gasteiger partial charge in [-0.15, -0.1) is 0 Å². The molecule has 7 heteroatoms. The van der Waals surface area contributed by atoms with Crippen molar-refractivity contribution in [2.24, 2.45) is 0 Å². The van der Waals surface area contributed by atoms with E-state index in [4.69, 9.17) is 11.6 Å². The highest BCUT2D eigenvalue weighted by Crippen LogP contribution is 2.23. The Balaban J connectivity index is 1.93. The van der Waals surface area contributed by atoms with Crippen LogP contribution in [0.3, 0.4) is 0 Å². The molecule has 0 spiro atoms. The van der Waals surface area contributed by atoms with E-state index in [0.29, 0.717) is 22.9 Å². The second-order valence-electron chi connectivity index (χ2n) is 4.65. The summed E-state index contributed by atoms with van der Waals surface area (Å²) < 4.78 is 0. The Bertz CT molecular complexity index is 662. The minimum absolute atomic E-state index is 0.325. The van der Waals surface area contributed by atoms with Crippen LogP contribution in [0, 0.1) is 6.92 Å². The maximum Gasteiger partial charge on any atom is 0.319 e. The molecule has 3 N–H and O–H groups in total. The van der Waals surface area contributed by atoms with Crippen LogP contribution < -0.4 is 16.0 Å². The van der Waals surface area contributed by atoms with Gasteiger partial charge in [0, 0.05) is 25.5 Å². The number of nitrogens with one attached hydrogen (secondary N) is 3. The van der Waals surface area contributed by atoms with Crippen LogP contribution in [0.1, 0.15) is 18.2 Å². The van der Waals surface area contributed by atoms with Crippen molar-refractivity contribution in [1.29, 1.82) is 0 Å². The van der Waals surface area contributed by atoms with Crippen LogP contribution in [0.4, 0.5) is 16.3 Å². The average molecular weight is 320 g/mol. The van der Waals surface area contributed by atoms with E-state index in [1.807, 2.05) is 19.1 Å². The van der Waals surface area contributed by atoms with E-state index in [2.05, 4.69) is 25.9 Å². The van der Waals surface area contributed by atoms with Crippen LogP contribution in [0.25, 0.3) is 0 Å². The highest BCUT2D eigenvalue weighted by atomic mass is 35.5. The molecule has 116 valence electrons. The molecule has 2 amide bonds. The lowest BCUT2D eigenvalue weighted by Gasteiger charge is -2.10. The van der Waals surface area contributed by atoms with Crippen molar-refractivity contribution in [3.05, 3.63) is 46.9 Å². The molecule has 0 bridgehead atoms. The molecule has 0 fully saturated rings. The molecule has 2 aromatic rings. The zero-order valence-corrected chi connectivity index (χ0v) is 13.2. The number of nitrogens with zero attached hydrogens (tertiary/aromatic N) is 2. The molecule has 0 aliphatic carbocycles. The fourth-order valence-electron chi connectivity index (χ4n) is 1.86. The summed E-state index contributed by atoms with van der Waals surface area (Å²) in [7, 11) is 0. The van der Waals surface area contributed by atoms with Gasteiger partial charge in [0.2, 0.25) is 0 Å². The predicted octanol–water partition coefficient (Wildman–Crippen LogP) is 3.19. The standard InChI is InChI=1S/C15H18ClN5O/c1-3-17-13-8-11(4-6-19-13)9-20-15(22)21-12-5-7-18-10(2)14(12)16/h4-8H,3,9H2,1-2H3,(H,17,19)(H2,18,20,21,22). The summed E-state index contributed by atoms with van der Waals surface area (Å²) in [4.78, 5) is 20.2. The van der Waals surface area contributed by atoms with E-state index in [9.17, 15) is 4.79 Å². The van der Waals surface area contributed by atoms with Crippen molar-refractivity contribution in [3.63, 3.8) is 0 Å². The first-order valence-corrected chi connectivity index (χ1v) is 7.32. The predicted molar refractivity (Wildman–Crippen MR) is 88.2 cm³/mol. The molecule has 0 aromatic carbocycles. The number of amides is 2. The van der Waals surface area contributed by atoms with E-state index in [-0.39, 0.29) is 6.03 Å². The van der Waals surface area contributed by atoms with Gasteiger partial charge in [-0.2, -0.15) is 0 Å². The van der Waals surface area contributed by atoms with Gasteiger partial charge < -0.3 is 16.0 Å². The highest BCUT2D eigenvalue weighted by Gasteiger charge is 2.07.